The van der Waals surface area contributed by atoms with Gasteiger partial charge >= 0.3 is 0 Å². The van der Waals surface area contributed by atoms with Crippen LogP contribution in [0.4, 0.5) is 0 Å². The summed E-state index contributed by atoms with van der Waals surface area (Å²) < 4.78 is 17.6. The molecule has 1 saturated carbocycles. The van der Waals surface area contributed by atoms with Crippen molar-refractivity contribution < 1.29 is 13.9 Å². The molecule has 1 aromatic heterocycles. The standard InChI is InChI=1S/C27H29NO3/c1-3-23-19-30-27(28-23)18-22(14-13-20-9-5-4-6-10-20)21-15-16-25(29-2)26(17-21)31-24-11-7-8-12-24/h4-6,9-10,15-17,19,22,24H,3,7-8,11-12,18H2,1-2H3. The number of hydrogen-bond acceptors (Lipinski definition) is 4. The largest absolute Gasteiger partial charge is 0.493 e. The molecule has 4 heteroatoms. The van der Waals surface area contributed by atoms with Gasteiger partial charge in [-0.2, -0.15) is 0 Å². The topological polar surface area (TPSA) is 44.5 Å². The number of ether oxygens (including phenoxy) is 2. The summed E-state index contributed by atoms with van der Waals surface area (Å²) >= 11 is 0. The molecule has 0 radical (unpaired) electrons. The molecule has 0 aliphatic heterocycles. The fourth-order valence-corrected chi connectivity index (χ4v) is 3.91. The third-order valence-electron chi connectivity index (χ3n) is 5.69. The Bertz CT molecular complexity index is 1040. The molecule has 1 unspecified atom stereocenters. The van der Waals surface area contributed by atoms with Gasteiger partial charge in [-0.3, -0.25) is 0 Å². The molecule has 31 heavy (non-hydrogen) atoms. The summed E-state index contributed by atoms with van der Waals surface area (Å²) in [7, 11) is 1.68. The minimum absolute atomic E-state index is 0.0691. The van der Waals surface area contributed by atoms with Crippen LogP contribution in [0.15, 0.2) is 59.2 Å². The maximum absolute atomic E-state index is 6.31. The van der Waals surface area contributed by atoms with Crippen LogP contribution in [0.5, 0.6) is 11.5 Å². The third kappa shape index (κ3) is 5.49. The maximum atomic E-state index is 6.31. The highest BCUT2D eigenvalue weighted by Gasteiger charge is 2.21. The summed E-state index contributed by atoms with van der Waals surface area (Å²) in [6.45, 7) is 2.07. The van der Waals surface area contributed by atoms with Gasteiger partial charge in [0.05, 0.1) is 24.8 Å². The van der Waals surface area contributed by atoms with E-state index in [9.17, 15) is 0 Å². The second-order valence-electron chi connectivity index (χ2n) is 7.91. The molecule has 160 valence electrons. The molecule has 0 amide bonds. The molecule has 0 bridgehead atoms. The van der Waals surface area contributed by atoms with Crippen LogP contribution in [0.1, 0.15) is 61.2 Å². The zero-order valence-corrected chi connectivity index (χ0v) is 18.3. The van der Waals surface area contributed by atoms with Crippen LogP contribution in [0, 0.1) is 11.8 Å². The van der Waals surface area contributed by atoms with E-state index in [0.717, 1.165) is 47.6 Å². The number of hydrogen-bond donors (Lipinski definition) is 0. The van der Waals surface area contributed by atoms with Crippen molar-refractivity contribution in [3.8, 4) is 23.3 Å². The highest BCUT2D eigenvalue weighted by atomic mass is 16.5. The van der Waals surface area contributed by atoms with Crippen LogP contribution in [0.3, 0.4) is 0 Å². The highest BCUT2D eigenvalue weighted by molar-refractivity contribution is 5.47. The Morgan fingerprint density at radius 1 is 1.10 bits per heavy atom. The number of aryl methyl sites for hydroxylation is 1. The molecule has 0 saturated heterocycles. The zero-order valence-electron chi connectivity index (χ0n) is 18.3. The normalized spacial score (nSPS) is 14.6. The summed E-state index contributed by atoms with van der Waals surface area (Å²) in [5.41, 5.74) is 3.03. The van der Waals surface area contributed by atoms with E-state index < -0.39 is 0 Å². The average molecular weight is 416 g/mol. The van der Waals surface area contributed by atoms with Gasteiger partial charge in [-0.1, -0.05) is 43.0 Å². The van der Waals surface area contributed by atoms with Gasteiger partial charge in [-0.25, -0.2) is 4.98 Å². The summed E-state index contributed by atoms with van der Waals surface area (Å²) in [4.78, 5) is 4.60. The van der Waals surface area contributed by atoms with Gasteiger partial charge in [0.15, 0.2) is 17.4 Å². The van der Waals surface area contributed by atoms with Crippen LogP contribution in [0.2, 0.25) is 0 Å². The molecule has 0 spiro atoms. The molecule has 0 N–H and O–H groups in total. The second-order valence-corrected chi connectivity index (χ2v) is 7.91. The van der Waals surface area contributed by atoms with Gasteiger partial charge < -0.3 is 13.9 Å². The van der Waals surface area contributed by atoms with Crippen LogP contribution < -0.4 is 9.47 Å². The number of methoxy groups -OCH3 is 1. The van der Waals surface area contributed by atoms with Gasteiger partial charge in [-0.15, -0.1) is 0 Å². The summed E-state index contributed by atoms with van der Waals surface area (Å²) in [5, 5.41) is 0. The summed E-state index contributed by atoms with van der Waals surface area (Å²) in [6, 6.07) is 16.2. The fourth-order valence-electron chi connectivity index (χ4n) is 3.91. The third-order valence-corrected chi connectivity index (χ3v) is 5.69. The summed E-state index contributed by atoms with van der Waals surface area (Å²) in [6.07, 6.45) is 8.10. The number of aromatic nitrogens is 1. The van der Waals surface area contributed by atoms with E-state index in [-0.39, 0.29) is 12.0 Å². The Kier molecular flexibility index (Phi) is 6.94. The smallest absolute Gasteiger partial charge is 0.195 e. The predicted octanol–water partition coefficient (Wildman–Crippen LogP) is 5.95. The first-order valence-corrected chi connectivity index (χ1v) is 11.1. The molecule has 1 aliphatic carbocycles. The second kappa shape index (κ2) is 10.2. The Morgan fingerprint density at radius 3 is 2.61 bits per heavy atom. The Balaban J connectivity index is 1.65. The first-order valence-electron chi connectivity index (χ1n) is 11.1. The fraction of sp³-hybridized carbons (Fsp3) is 0.370. The van der Waals surface area contributed by atoms with E-state index in [2.05, 4.69) is 35.9 Å². The first-order chi connectivity index (χ1) is 15.2. The van der Waals surface area contributed by atoms with Crippen molar-refractivity contribution >= 4 is 0 Å². The quantitative estimate of drug-likeness (QED) is 0.448. The number of oxazole rings is 1. The van der Waals surface area contributed by atoms with Gasteiger partial charge in [0.2, 0.25) is 0 Å². The summed E-state index contributed by atoms with van der Waals surface area (Å²) in [5.74, 6) is 8.94. The molecule has 2 aromatic carbocycles. The Labute approximate surface area is 184 Å². The Morgan fingerprint density at radius 2 is 1.90 bits per heavy atom. The highest BCUT2D eigenvalue weighted by Crippen LogP contribution is 2.35. The van der Waals surface area contributed by atoms with Crippen molar-refractivity contribution in [3.63, 3.8) is 0 Å². The van der Waals surface area contributed by atoms with Crippen molar-refractivity contribution in [2.24, 2.45) is 0 Å². The molecule has 1 atom stereocenters. The SMILES string of the molecule is CCc1coc(CC(C#Cc2ccccc2)c2ccc(OC)c(OC3CCCC3)c2)n1. The van der Waals surface area contributed by atoms with Crippen molar-refractivity contribution in [1.82, 2.24) is 4.98 Å². The minimum Gasteiger partial charge on any atom is -0.493 e. The number of benzene rings is 2. The van der Waals surface area contributed by atoms with Crippen LogP contribution in [-0.2, 0) is 12.8 Å². The lowest BCUT2D eigenvalue weighted by Crippen LogP contribution is -2.12. The maximum Gasteiger partial charge on any atom is 0.195 e. The van der Waals surface area contributed by atoms with E-state index in [1.165, 1.54) is 12.8 Å². The van der Waals surface area contributed by atoms with Gasteiger partial charge in [0, 0.05) is 12.0 Å². The van der Waals surface area contributed by atoms with Crippen LogP contribution in [-0.4, -0.2) is 18.2 Å². The molecular weight excluding hydrogens is 386 g/mol. The molecule has 3 aromatic rings. The minimum atomic E-state index is -0.0691. The van der Waals surface area contributed by atoms with Gasteiger partial charge in [-0.05, 0) is 61.9 Å². The molecule has 1 aliphatic rings. The van der Waals surface area contributed by atoms with Crippen molar-refractivity contribution in [2.45, 2.75) is 57.5 Å². The molecule has 1 heterocycles. The van der Waals surface area contributed by atoms with E-state index in [1.54, 1.807) is 13.4 Å². The molecule has 1 fully saturated rings. The predicted molar refractivity (Wildman–Crippen MR) is 122 cm³/mol. The monoisotopic (exact) mass is 415 g/mol. The Hall–Kier alpha value is -3.19. The number of rotatable bonds is 7. The van der Waals surface area contributed by atoms with Gasteiger partial charge in [0.1, 0.15) is 6.26 Å². The van der Waals surface area contributed by atoms with Gasteiger partial charge in [0.25, 0.3) is 0 Å². The average Bonchev–Trinajstić information content (AvgIpc) is 3.49. The van der Waals surface area contributed by atoms with E-state index in [4.69, 9.17) is 13.9 Å². The number of nitrogens with zero attached hydrogens (tertiary/aromatic N) is 1. The molecule has 4 nitrogen and oxygen atoms in total. The van der Waals surface area contributed by atoms with Crippen molar-refractivity contribution in [3.05, 3.63) is 77.5 Å². The van der Waals surface area contributed by atoms with Crippen LogP contribution >= 0.6 is 0 Å². The lowest BCUT2D eigenvalue weighted by atomic mass is 9.95. The van der Waals surface area contributed by atoms with E-state index in [1.807, 2.05) is 36.4 Å². The lowest BCUT2D eigenvalue weighted by molar-refractivity contribution is 0.200. The molecular formula is C27H29NO3. The van der Waals surface area contributed by atoms with Crippen molar-refractivity contribution in [2.75, 3.05) is 7.11 Å². The van der Waals surface area contributed by atoms with Crippen molar-refractivity contribution in [1.29, 1.82) is 0 Å². The molecule has 4 rings (SSSR count). The van der Waals surface area contributed by atoms with E-state index >= 15 is 0 Å². The van der Waals surface area contributed by atoms with E-state index in [0.29, 0.717) is 12.3 Å². The first kappa shape index (κ1) is 21.1. The zero-order chi connectivity index (χ0) is 21.5. The lowest BCUT2D eigenvalue weighted by Gasteiger charge is -2.18. The van der Waals surface area contributed by atoms with Crippen LogP contribution in [0.25, 0.3) is 0 Å².